The van der Waals surface area contributed by atoms with Gasteiger partial charge in [-0.3, -0.25) is 9.59 Å². The van der Waals surface area contributed by atoms with Crippen LogP contribution in [0, 0.1) is 12.8 Å². The third-order valence-corrected chi connectivity index (χ3v) is 2.96. The van der Waals surface area contributed by atoms with Crippen molar-refractivity contribution in [3.8, 4) is 0 Å². The quantitative estimate of drug-likeness (QED) is 0.520. The molecule has 1 radical (unpaired) electrons. The summed E-state index contributed by atoms with van der Waals surface area (Å²) in [6.45, 7) is 3.56. The largest absolute Gasteiger partial charge is 0.480 e. The summed E-state index contributed by atoms with van der Waals surface area (Å²) in [7, 11) is 0. The third kappa shape index (κ3) is 4.23. The van der Waals surface area contributed by atoms with Crippen molar-refractivity contribution in [1.29, 1.82) is 0 Å². The molecule has 0 heterocycles. The van der Waals surface area contributed by atoms with Crippen LogP contribution in [-0.4, -0.2) is 32.7 Å². The summed E-state index contributed by atoms with van der Waals surface area (Å²) in [5.41, 5.74) is 0. The van der Waals surface area contributed by atoms with Gasteiger partial charge >= 0.3 is 11.9 Å². The number of carboxylic acids is 2. The minimum atomic E-state index is -1.06. The monoisotopic (exact) mass is 237 g/mol. The molecule has 14 heavy (non-hydrogen) atoms. The fourth-order valence-electron chi connectivity index (χ4n) is 0.994. The van der Waals surface area contributed by atoms with Crippen LogP contribution in [0.25, 0.3) is 0 Å². The topological polar surface area (TPSA) is 74.6 Å². The Labute approximate surface area is 93.5 Å². The number of carboxylic acid groups (broad SMARTS) is 2. The van der Waals surface area contributed by atoms with E-state index in [1.807, 2.05) is 0 Å². The lowest BCUT2D eigenvalue weighted by Gasteiger charge is -2.19. The average molecular weight is 237 g/mol. The van der Waals surface area contributed by atoms with E-state index in [9.17, 15) is 9.59 Å². The maximum Gasteiger partial charge on any atom is 0.316 e. The van der Waals surface area contributed by atoms with E-state index in [1.54, 1.807) is 0 Å². The molecule has 0 saturated carbocycles. The van der Waals surface area contributed by atoms with Crippen molar-refractivity contribution >= 4 is 37.2 Å². The van der Waals surface area contributed by atoms with Crippen LogP contribution in [0.4, 0.5) is 0 Å². The van der Waals surface area contributed by atoms with Crippen LogP contribution in [0.5, 0.6) is 0 Å². The Bertz CT molecular complexity index is 219. The summed E-state index contributed by atoms with van der Waals surface area (Å²) in [6, 6.07) is 0. The zero-order valence-corrected chi connectivity index (χ0v) is 9.25. The van der Waals surface area contributed by atoms with E-state index in [-0.39, 0.29) is 12.3 Å². The summed E-state index contributed by atoms with van der Waals surface area (Å²) in [5.74, 6) is -2.50. The molecule has 0 bridgehead atoms. The minimum Gasteiger partial charge on any atom is -0.480 e. The molecule has 6 heteroatoms. The Hall–Kier alpha value is -0.360. The van der Waals surface area contributed by atoms with Crippen molar-refractivity contribution in [2.75, 3.05) is 0 Å². The second kappa shape index (κ2) is 6.19. The number of rotatable bonds is 6. The van der Waals surface area contributed by atoms with Crippen molar-refractivity contribution in [1.82, 2.24) is 0 Å². The Kier molecular flexibility index (Phi) is 6.03. The lowest BCUT2D eigenvalue weighted by molar-refractivity contribution is -0.139. The highest BCUT2D eigenvalue weighted by molar-refractivity contribution is 7.82. The lowest BCUT2D eigenvalue weighted by Crippen LogP contribution is -2.28. The summed E-state index contributed by atoms with van der Waals surface area (Å²) < 4.78 is 0. The smallest absolute Gasteiger partial charge is 0.316 e. The molecule has 0 aromatic carbocycles. The molecule has 0 aliphatic carbocycles. The van der Waals surface area contributed by atoms with Gasteiger partial charge in [0.2, 0.25) is 0 Å². The predicted molar refractivity (Wildman–Crippen MR) is 58.9 cm³/mol. The molecule has 0 aromatic heterocycles. The first kappa shape index (κ1) is 13.6. The zero-order chi connectivity index (χ0) is 11.3. The molecule has 0 fully saturated rings. The molecule has 0 aliphatic heterocycles. The van der Waals surface area contributed by atoms with Crippen molar-refractivity contribution < 1.29 is 19.8 Å². The van der Waals surface area contributed by atoms with E-state index in [4.69, 9.17) is 10.2 Å². The maximum absolute atomic E-state index is 10.6. The van der Waals surface area contributed by atoms with E-state index in [2.05, 4.69) is 32.2 Å². The molecule has 4 nitrogen and oxygen atoms in total. The van der Waals surface area contributed by atoms with Gasteiger partial charge in [0, 0.05) is 0 Å². The standard InChI is InChI=1S/C8H13O4S2/c1-2-4(6(14)8(11)12)3-5(13)7(9)10/h4-6,13-14H,1-3H2,(H,9,10)(H,11,12). The molecule has 3 atom stereocenters. The number of carbonyl (C=O) groups is 2. The molecule has 3 unspecified atom stereocenters. The van der Waals surface area contributed by atoms with Gasteiger partial charge in [-0.25, -0.2) is 0 Å². The van der Waals surface area contributed by atoms with Crippen LogP contribution in [0.2, 0.25) is 0 Å². The van der Waals surface area contributed by atoms with E-state index >= 15 is 0 Å². The number of aliphatic carboxylic acids is 2. The second-order valence-electron chi connectivity index (χ2n) is 2.92. The van der Waals surface area contributed by atoms with E-state index in [1.165, 1.54) is 0 Å². The molecule has 0 amide bonds. The first-order valence-electron chi connectivity index (χ1n) is 4.01. The predicted octanol–water partition coefficient (Wildman–Crippen LogP) is 0.983. The fraction of sp³-hybridized carbons (Fsp3) is 0.625. The number of thiol groups is 2. The van der Waals surface area contributed by atoms with Crippen LogP contribution in [-0.2, 0) is 9.59 Å². The zero-order valence-electron chi connectivity index (χ0n) is 7.46. The minimum absolute atomic E-state index is 0.155. The molecule has 81 valence electrons. The SMILES string of the molecule is [CH2]CC(CC(S)C(=O)O)C(S)C(=O)O. The Morgan fingerprint density at radius 1 is 1.21 bits per heavy atom. The van der Waals surface area contributed by atoms with Gasteiger partial charge in [0.15, 0.2) is 0 Å². The number of hydrogen-bond donors (Lipinski definition) is 4. The average Bonchev–Trinajstić information content (AvgIpc) is 2.12. The highest BCUT2D eigenvalue weighted by atomic mass is 32.1. The molecule has 0 aromatic rings. The molecule has 0 aliphatic rings. The van der Waals surface area contributed by atoms with Gasteiger partial charge in [-0.15, -0.1) is 0 Å². The van der Waals surface area contributed by atoms with Crippen LogP contribution < -0.4 is 0 Å². The van der Waals surface area contributed by atoms with Gasteiger partial charge < -0.3 is 10.2 Å². The van der Waals surface area contributed by atoms with Crippen molar-refractivity contribution in [2.24, 2.45) is 5.92 Å². The normalized spacial score (nSPS) is 17.1. The van der Waals surface area contributed by atoms with Crippen LogP contribution in [0.1, 0.15) is 12.8 Å². The molecular weight excluding hydrogens is 224 g/mol. The summed E-state index contributed by atoms with van der Waals surface area (Å²) in [6.07, 6.45) is 0.479. The van der Waals surface area contributed by atoms with Gasteiger partial charge in [0.1, 0.15) is 5.25 Å². The van der Waals surface area contributed by atoms with Crippen molar-refractivity contribution in [2.45, 2.75) is 23.3 Å². The van der Waals surface area contributed by atoms with Gasteiger partial charge in [-0.05, 0) is 18.8 Å². The lowest BCUT2D eigenvalue weighted by atomic mass is 9.96. The molecule has 0 spiro atoms. The van der Waals surface area contributed by atoms with E-state index < -0.39 is 22.4 Å². The highest BCUT2D eigenvalue weighted by Crippen LogP contribution is 2.22. The molecule has 0 saturated heterocycles. The molecule has 0 rings (SSSR count). The fourth-order valence-corrected chi connectivity index (χ4v) is 1.54. The van der Waals surface area contributed by atoms with Crippen LogP contribution in [0.3, 0.4) is 0 Å². The first-order valence-corrected chi connectivity index (χ1v) is 5.04. The first-order chi connectivity index (χ1) is 6.40. The molecular formula is C8H13O4S2. The van der Waals surface area contributed by atoms with E-state index in [0.717, 1.165) is 0 Å². The van der Waals surface area contributed by atoms with Gasteiger partial charge in [-0.1, -0.05) is 6.92 Å². The van der Waals surface area contributed by atoms with Gasteiger partial charge in [0.25, 0.3) is 0 Å². The highest BCUT2D eigenvalue weighted by Gasteiger charge is 2.27. The molecule has 2 N–H and O–H groups in total. The van der Waals surface area contributed by atoms with Crippen LogP contribution in [0.15, 0.2) is 0 Å². The maximum atomic E-state index is 10.6. The summed E-state index contributed by atoms with van der Waals surface area (Å²) in [4.78, 5) is 21.0. The Morgan fingerprint density at radius 3 is 2.00 bits per heavy atom. The van der Waals surface area contributed by atoms with Gasteiger partial charge in [-0.2, -0.15) is 25.3 Å². The van der Waals surface area contributed by atoms with Crippen molar-refractivity contribution in [3.63, 3.8) is 0 Å². The van der Waals surface area contributed by atoms with Crippen molar-refractivity contribution in [3.05, 3.63) is 6.92 Å². The number of hydrogen-bond acceptors (Lipinski definition) is 4. The summed E-state index contributed by atoms with van der Waals surface area (Å²) >= 11 is 7.70. The second-order valence-corrected chi connectivity index (χ2v) is 4.10. The summed E-state index contributed by atoms with van der Waals surface area (Å²) in [5, 5.41) is 15.5. The Morgan fingerprint density at radius 2 is 1.71 bits per heavy atom. The Balaban J connectivity index is 4.28. The van der Waals surface area contributed by atoms with E-state index in [0.29, 0.717) is 6.42 Å². The van der Waals surface area contributed by atoms with Crippen LogP contribution >= 0.6 is 25.3 Å². The third-order valence-electron chi connectivity index (χ3n) is 1.88. The van der Waals surface area contributed by atoms with Gasteiger partial charge in [0.05, 0.1) is 5.25 Å².